The Kier molecular flexibility index (Phi) is 4.01. The van der Waals surface area contributed by atoms with E-state index >= 15 is 0 Å². The number of aliphatic carboxylic acids is 1. The largest absolute Gasteiger partial charge is 0.497 e. The van der Waals surface area contributed by atoms with E-state index in [1.165, 1.54) is 23.5 Å². The maximum absolute atomic E-state index is 12.3. The first kappa shape index (κ1) is 14.8. The first-order chi connectivity index (χ1) is 9.36. The quantitative estimate of drug-likeness (QED) is 0.878. The zero-order chi connectivity index (χ0) is 14.9. The SMILES string of the molecule is COc1cccc(S(=O)(=O)N2CC(C(C)C(=O)O)C2)c1. The molecule has 1 aromatic rings. The van der Waals surface area contributed by atoms with E-state index in [0.29, 0.717) is 5.75 Å². The molecule has 0 bridgehead atoms. The molecule has 6 nitrogen and oxygen atoms in total. The van der Waals surface area contributed by atoms with Crippen LogP contribution in [0.3, 0.4) is 0 Å². The van der Waals surface area contributed by atoms with Crippen LogP contribution >= 0.6 is 0 Å². The molecule has 1 aromatic carbocycles. The lowest BCUT2D eigenvalue weighted by Gasteiger charge is -2.39. The van der Waals surface area contributed by atoms with Gasteiger partial charge in [0.1, 0.15) is 5.75 Å². The van der Waals surface area contributed by atoms with E-state index in [4.69, 9.17) is 9.84 Å². The second-order valence-corrected chi connectivity index (χ2v) is 6.83. The summed E-state index contributed by atoms with van der Waals surface area (Å²) < 4.78 is 31.0. The summed E-state index contributed by atoms with van der Waals surface area (Å²) in [5.41, 5.74) is 0. The van der Waals surface area contributed by atoms with Crippen LogP contribution in [-0.2, 0) is 14.8 Å². The molecule has 0 aliphatic carbocycles. The molecule has 2 rings (SSSR count). The predicted octanol–water partition coefficient (Wildman–Crippen LogP) is 1.04. The Labute approximate surface area is 118 Å². The Balaban J connectivity index is 2.12. The van der Waals surface area contributed by atoms with Gasteiger partial charge in [0.25, 0.3) is 0 Å². The Morgan fingerprint density at radius 3 is 2.65 bits per heavy atom. The number of methoxy groups -OCH3 is 1. The van der Waals surface area contributed by atoms with Gasteiger partial charge in [-0.1, -0.05) is 13.0 Å². The van der Waals surface area contributed by atoms with Crippen LogP contribution in [0.25, 0.3) is 0 Å². The van der Waals surface area contributed by atoms with Crippen molar-refractivity contribution in [1.82, 2.24) is 4.31 Å². The normalized spacial score (nSPS) is 18.3. The Morgan fingerprint density at radius 1 is 1.45 bits per heavy atom. The first-order valence-electron chi connectivity index (χ1n) is 6.23. The van der Waals surface area contributed by atoms with Crippen molar-refractivity contribution in [2.24, 2.45) is 11.8 Å². The van der Waals surface area contributed by atoms with E-state index in [9.17, 15) is 13.2 Å². The Hall–Kier alpha value is -1.60. The number of sulfonamides is 1. The standard InChI is InChI=1S/C13H17NO5S/c1-9(13(15)16)10-7-14(8-10)20(17,18)12-5-3-4-11(6-12)19-2/h3-6,9-10H,7-8H2,1-2H3,(H,15,16). The Bertz CT molecular complexity index is 607. The third-order valence-electron chi connectivity index (χ3n) is 3.65. The molecule has 0 spiro atoms. The molecule has 1 saturated heterocycles. The number of benzene rings is 1. The van der Waals surface area contributed by atoms with Crippen LogP contribution in [0, 0.1) is 11.8 Å². The molecule has 110 valence electrons. The molecule has 20 heavy (non-hydrogen) atoms. The molecule has 1 unspecified atom stereocenters. The molecule has 0 amide bonds. The number of carboxylic acids is 1. The van der Waals surface area contributed by atoms with E-state index < -0.39 is 21.9 Å². The highest BCUT2D eigenvalue weighted by atomic mass is 32.2. The van der Waals surface area contributed by atoms with E-state index in [-0.39, 0.29) is 23.9 Å². The summed E-state index contributed by atoms with van der Waals surface area (Å²) in [5.74, 6) is -1.09. The van der Waals surface area contributed by atoms with Crippen LogP contribution in [-0.4, -0.2) is 44.0 Å². The van der Waals surface area contributed by atoms with Crippen LogP contribution in [0.15, 0.2) is 29.2 Å². The molecular formula is C13H17NO5S. The number of ether oxygens (including phenoxy) is 1. The third-order valence-corrected chi connectivity index (χ3v) is 5.48. The van der Waals surface area contributed by atoms with E-state index in [1.807, 2.05) is 0 Å². The van der Waals surface area contributed by atoms with Gasteiger partial charge in [0.15, 0.2) is 0 Å². The number of carbonyl (C=O) groups is 1. The molecule has 0 saturated carbocycles. The van der Waals surface area contributed by atoms with Crippen molar-refractivity contribution in [2.75, 3.05) is 20.2 Å². The molecule has 7 heteroatoms. The first-order valence-corrected chi connectivity index (χ1v) is 7.67. The average molecular weight is 299 g/mol. The Morgan fingerprint density at radius 2 is 2.10 bits per heavy atom. The van der Waals surface area contributed by atoms with Crippen LogP contribution in [0.1, 0.15) is 6.92 Å². The zero-order valence-corrected chi connectivity index (χ0v) is 12.1. The molecule has 1 aliphatic rings. The molecule has 0 radical (unpaired) electrons. The lowest BCUT2D eigenvalue weighted by Crippen LogP contribution is -2.53. The fraction of sp³-hybridized carbons (Fsp3) is 0.462. The topological polar surface area (TPSA) is 83.9 Å². The number of hydrogen-bond donors (Lipinski definition) is 1. The lowest BCUT2D eigenvalue weighted by molar-refractivity contribution is -0.144. The van der Waals surface area contributed by atoms with Crippen molar-refractivity contribution in [3.05, 3.63) is 24.3 Å². The van der Waals surface area contributed by atoms with Crippen molar-refractivity contribution >= 4 is 16.0 Å². The third kappa shape index (κ3) is 2.64. The van der Waals surface area contributed by atoms with Crippen LogP contribution in [0.4, 0.5) is 0 Å². The minimum atomic E-state index is -3.57. The van der Waals surface area contributed by atoms with Gasteiger partial charge in [-0.25, -0.2) is 8.42 Å². The highest BCUT2D eigenvalue weighted by Crippen LogP contribution is 2.30. The summed E-state index contributed by atoms with van der Waals surface area (Å²) in [5, 5.41) is 8.91. The summed E-state index contributed by atoms with van der Waals surface area (Å²) in [7, 11) is -2.09. The smallest absolute Gasteiger partial charge is 0.306 e. The van der Waals surface area contributed by atoms with Gasteiger partial charge in [0.2, 0.25) is 10.0 Å². The summed E-state index contributed by atoms with van der Waals surface area (Å²) in [6, 6.07) is 6.25. The van der Waals surface area contributed by atoms with Gasteiger partial charge in [-0.3, -0.25) is 4.79 Å². The minimum Gasteiger partial charge on any atom is -0.497 e. The molecule has 1 aliphatic heterocycles. The highest BCUT2D eigenvalue weighted by molar-refractivity contribution is 7.89. The minimum absolute atomic E-state index is 0.132. The highest BCUT2D eigenvalue weighted by Gasteiger charge is 2.41. The number of nitrogens with zero attached hydrogens (tertiary/aromatic N) is 1. The molecule has 1 N–H and O–H groups in total. The molecule has 1 fully saturated rings. The molecular weight excluding hydrogens is 282 g/mol. The maximum Gasteiger partial charge on any atom is 0.306 e. The van der Waals surface area contributed by atoms with Gasteiger partial charge in [-0.05, 0) is 18.1 Å². The summed E-state index contributed by atoms with van der Waals surface area (Å²) in [6.07, 6.45) is 0. The van der Waals surface area contributed by atoms with Crippen molar-refractivity contribution in [2.45, 2.75) is 11.8 Å². The summed E-state index contributed by atoms with van der Waals surface area (Å²) >= 11 is 0. The van der Waals surface area contributed by atoms with Crippen LogP contribution in [0.5, 0.6) is 5.75 Å². The molecule has 1 heterocycles. The van der Waals surface area contributed by atoms with Crippen molar-refractivity contribution in [3.63, 3.8) is 0 Å². The number of carboxylic acid groups (broad SMARTS) is 1. The van der Waals surface area contributed by atoms with Crippen molar-refractivity contribution < 1.29 is 23.1 Å². The van der Waals surface area contributed by atoms with Gasteiger partial charge < -0.3 is 9.84 Å². The predicted molar refractivity (Wildman–Crippen MR) is 72.0 cm³/mol. The van der Waals surface area contributed by atoms with E-state index in [2.05, 4.69) is 0 Å². The van der Waals surface area contributed by atoms with E-state index in [1.54, 1.807) is 19.1 Å². The monoisotopic (exact) mass is 299 g/mol. The average Bonchev–Trinajstić information content (AvgIpc) is 2.36. The fourth-order valence-corrected chi connectivity index (χ4v) is 3.68. The second-order valence-electron chi connectivity index (χ2n) is 4.89. The van der Waals surface area contributed by atoms with Crippen molar-refractivity contribution in [1.29, 1.82) is 0 Å². The van der Waals surface area contributed by atoms with Crippen LogP contribution < -0.4 is 4.74 Å². The molecule has 0 aromatic heterocycles. The van der Waals surface area contributed by atoms with Crippen LogP contribution in [0.2, 0.25) is 0 Å². The van der Waals surface area contributed by atoms with E-state index in [0.717, 1.165) is 0 Å². The lowest BCUT2D eigenvalue weighted by atomic mass is 9.89. The summed E-state index contributed by atoms with van der Waals surface area (Å²) in [4.78, 5) is 11.0. The number of rotatable bonds is 5. The van der Waals surface area contributed by atoms with Gasteiger partial charge in [-0.15, -0.1) is 0 Å². The van der Waals surface area contributed by atoms with Gasteiger partial charge in [0, 0.05) is 19.2 Å². The maximum atomic E-state index is 12.3. The van der Waals surface area contributed by atoms with Crippen molar-refractivity contribution in [3.8, 4) is 5.75 Å². The van der Waals surface area contributed by atoms with Gasteiger partial charge in [-0.2, -0.15) is 4.31 Å². The van der Waals surface area contributed by atoms with Gasteiger partial charge in [0.05, 0.1) is 17.9 Å². The fourth-order valence-electron chi connectivity index (χ4n) is 2.09. The number of hydrogen-bond acceptors (Lipinski definition) is 4. The molecule has 1 atom stereocenters. The zero-order valence-electron chi connectivity index (χ0n) is 11.3. The summed E-state index contributed by atoms with van der Waals surface area (Å²) in [6.45, 7) is 2.09. The second kappa shape index (κ2) is 5.41. The van der Waals surface area contributed by atoms with Gasteiger partial charge >= 0.3 is 5.97 Å².